The minimum atomic E-state index is -0.124. The zero-order valence-electron chi connectivity index (χ0n) is 10.9. The van der Waals surface area contributed by atoms with Gasteiger partial charge >= 0.3 is 0 Å². The molecule has 104 valence electrons. The molecule has 0 heterocycles. The van der Waals surface area contributed by atoms with E-state index in [1.165, 1.54) is 0 Å². The van der Waals surface area contributed by atoms with Crippen molar-refractivity contribution in [3.05, 3.63) is 63.1 Å². The summed E-state index contributed by atoms with van der Waals surface area (Å²) >= 11 is 12.2. The lowest BCUT2D eigenvalue weighted by Crippen LogP contribution is -2.14. The van der Waals surface area contributed by atoms with Crippen molar-refractivity contribution < 1.29 is 4.74 Å². The fraction of sp³-hybridized carbons (Fsp3) is 0.133. The Morgan fingerprint density at radius 1 is 1.20 bits per heavy atom. The average Bonchev–Trinajstić information content (AvgIpc) is 2.37. The van der Waals surface area contributed by atoms with Crippen LogP contribution in [0.2, 0.25) is 10.0 Å². The summed E-state index contributed by atoms with van der Waals surface area (Å²) in [5.74, 6) is 0.349. The largest absolute Gasteiger partial charge is 0.488 e. The maximum atomic E-state index is 7.56. The van der Waals surface area contributed by atoms with Crippen LogP contribution in [-0.4, -0.2) is 5.84 Å². The molecule has 0 amide bonds. The fourth-order valence-electron chi connectivity index (χ4n) is 1.81. The number of hydrogen-bond donors (Lipinski definition) is 2. The molecule has 0 aliphatic rings. The van der Waals surface area contributed by atoms with Gasteiger partial charge in [-0.05, 0) is 30.7 Å². The molecule has 0 aliphatic heterocycles. The summed E-state index contributed by atoms with van der Waals surface area (Å²) < 4.78 is 5.70. The van der Waals surface area contributed by atoms with Crippen LogP contribution in [-0.2, 0) is 6.61 Å². The first kappa shape index (κ1) is 14.7. The van der Waals surface area contributed by atoms with Crippen molar-refractivity contribution in [2.75, 3.05) is 0 Å². The van der Waals surface area contributed by atoms with Gasteiger partial charge in [0, 0.05) is 10.6 Å². The van der Waals surface area contributed by atoms with E-state index in [2.05, 4.69) is 0 Å². The van der Waals surface area contributed by atoms with E-state index >= 15 is 0 Å². The summed E-state index contributed by atoms with van der Waals surface area (Å²) in [5, 5.41) is 8.60. The molecule has 0 unspecified atom stereocenters. The lowest BCUT2D eigenvalue weighted by molar-refractivity contribution is 0.305. The molecule has 0 atom stereocenters. The van der Waals surface area contributed by atoms with Gasteiger partial charge in [0.15, 0.2) is 0 Å². The second-order valence-corrected chi connectivity index (χ2v) is 5.22. The third kappa shape index (κ3) is 3.24. The third-order valence-corrected chi connectivity index (χ3v) is 3.50. The Labute approximate surface area is 127 Å². The van der Waals surface area contributed by atoms with Crippen molar-refractivity contribution in [1.29, 1.82) is 5.41 Å². The Kier molecular flexibility index (Phi) is 4.53. The molecule has 0 radical (unpaired) electrons. The van der Waals surface area contributed by atoms with Gasteiger partial charge in [0.25, 0.3) is 0 Å². The number of amidine groups is 1. The molecule has 0 saturated carbocycles. The van der Waals surface area contributed by atoms with E-state index in [0.29, 0.717) is 28.0 Å². The molecule has 2 aromatic carbocycles. The van der Waals surface area contributed by atoms with E-state index in [9.17, 15) is 0 Å². The minimum Gasteiger partial charge on any atom is -0.488 e. The number of nitrogen functional groups attached to an aromatic ring is 1. The maximum absolute atomic E-state index is 7.56. The molecule has 2 aromatic rings. The lowest BCUT2D eigenvalue weighted by Gasteiger charge is -2.13. The Morgan fingerprint density at radius 2 is 1.95 bits per heavy atom. The molecule has 20 heavy (non-hydrogen) atoms. The van der Waals surface area contributed by atoms with Crippen LogP contribution in [0.25, 0.3) is 0 Å². The molecule has 0 spiro atoms. The molecule has 0 fully saturated rings. The maximum Gasteiger partial charge on any atom is 0.132 e. The Hall–Kier alpha value is -1.71. The van der Waals surface area contributed by atoms with Gasteiger partial charge in [-0.1, -0.05) is 41.4 Å². The van der Waals surface area contributed by atoms with E-state index in [-0.39, 0.29) is 5.84 Å². The number of benzene rings is 2. The van der Waals surface area contributed by atoms with Crippen molar-refractivity contribution in [3.63, 3.8) is 0 Å². The van der Waals surface area contributed by atoms with E-state index in [4.69, 9.17) is 39.1 Å². The molecular weight excluding hydrogens is 295 g/mol. The van der Waals surface area contributed by atoms with E-state index in [1.54, 1.807) is 18.2 Å². The topological polar surface area (TPSA) is 59.1 Å². The highest BCUT2D eigenvalue weighted by Crippen LogP contribution is 2.27. The highest BCUT2D eigenvalue weighted by atomic mass is 35.5. The second-order valence-electron chi connectivity index (χ2n) is 4.41. The lowest BCUT2D eigenvalue weighted by atomic mass is 10.1. The number of rotatable bonds is 4. The van der Waals surface area contributed by atoms with Gasteiger partial charge in [-0.3, -0.25) is 5.41 Å². The minimum absolute atomic E-state index is 0.124. The first-order valence-electron chi connectivity index (χ1n) is 6.00. The average molecular weight is 309 g/mol. The molecule has 0 aromatic heterocycles. The Balaban J connectivity index is 2.23. The van der Waals surface area contributed by atoms with Gasteiger partial charge < -0.3 is 10.5 Å². The van der Waals surface area contributed by atoms with Crippen molar-refractivity contribution in [1.82, 2.24) is 0 Å². The smallest absolute Gasteiger partial charge is 0.132 e. The molecule has 5 heteroatoms. The molecule has 0 aliphatic carbocycles. The molecule has 0 bridgehead atoms. The van der Waals surface area contributed by atoms with E-state index < -0.39 is 0 Å². The summed E-state index contributed by atoms with van der Waals surface area (Å²) in [6.45, 7) is 2.26. The van der Waals surface area contributed by atoms with Crippen molar-refractivity contribution in [2.24, 2.45) is 5.73 Å². The molecule has 3 N–H and O–H groups in total. The van der Waals surface area contributed by atoms with Crippen LogP contribution in [0.15, 0.2) is 36.4 Å². The van der Waals surface area contributed by atoms with Gasteiger partial charge in [-0.25, -0.2) is 0 Å². The number of nitrogens with one attached hydrogen (secondary N) is 1. The highest BCUT2D eigenvalue weighted by Gasteiger charge is 2.11. The molecular formula is C15H14Cl2N2O. The van der Waals surface area contributed by atoms with Gasteiger partial charge in [0.05, 0.1) is 10.6 Å². The van der Waals surface area contributed by atoms with Gasteiger partial charge in [0.1, 0.15) is 18.2 Å². The quantitative estimate of drug-likeness (QED) is 0.658. The number of nitrogens with two attached hydrogens (primary N) is 1. The first-order valence-corrected chi connectivity index (χ1v) is 6.75. The second kappa shape index (κ2) is 6.16. The van der Waals surface area contributed by atoms with Gasteiger partial charge in [-0.15, -0.1) is 0 Å². The Bertz CT molecular complexity index is 656. The standard InChI is InChI=1S/C15H14Cl2N2O/c1-9-5-6-10(12(17)7-9)8-20-13-4-2-3-11(16)14(13)15(18)19/h2-7H,8H2,1H3,(H3,18,19). The van der Waals surface area contributed by atoms with Crippen LogP contribution in [0.4, 0.5) is 0 Å². The van der Waals surface area contributed by atoms with E-state index in [1.807, 2.05) is 25.1 Å². The van der Waals surface area contributed by atoms with Crippen molar-refractivity contribution >= 4 is 29.0 Å². The SMILES string of the molecule is Cc1ccc(COc2cccc(Cl)c2C(=N)N)c(Cl)c1. The number of aryl methyl sites for hydroxylation is 1. The van der Waals surface area contributed by atoms with Crippen molar-refractivity contribution in [3.8, 4) is 5.75 Å². The molecule has 2 rings (SSSR count). The van der Waals surface area contributed by atoms with E-state index in [0.717, 1.165) is 11.1 Å². The van der Waals surface area contributed by atoms with Crippen LogP contribution in [0, 0.1) is 12.3 Å². The summed E-state index contributed by atoms with van der Waals surface area (Å²) in [7, 11) is 0. The Morgan fingerprint density at radius 3 is 2.60 bits per heavy atom. The summed E-state index contributed by atoms with van der Waals surface area (Å²) in [5.41, 5.74) is 7.88. The summed E-state index contributed by atoms with van der Waals surface area (Å²) in [6, 6.07) is 10.9. The van der Waals surface area contributed by atoms with Crippen LogP contribution < -0.4 is 10.5 Å². The number of halogens is 2. The molecule has 0 saturated heterocycles. The zero-order chi connectivity index (χ0) is 14.7. The summed E-state index contributed by atoms with van der Waals surface area (Å²) in [6.07, 6.45) is 0. The van der Waals surface area contributed by atoms with Crippen LogP contribution in [0.3, 0.4) is 0 Å². The first-order chi connectivity index (χ1) is 9.49. The predicted octanol–water partition coefficient (Wildman–Crippen LogP) is 4.16. The number of ether oxygens (including phenoxy) is 1. The van der Waals surface area contributed by atoms with Crippen LogP contribution in [0.5, 0.6) is 5.75 Å². The zero-order valence-corrected chi connectivity index (χ0v) is 12.4. The highest BCUT2D eigenvalue weighted by molar-refractivity contribution is 6.34. The van der Waals surface area contributed by atoms with Gasteiger partial charge in [-0.2, -0.15) is 0 Å². The summed E-state index contributed by atoms with van der Waals surface area (Å²) in [4.78, 5) is 0. The van der Waals surface area contributed by atoms with Gasteiger partial charge in [0.2, 0.25) is 0 Å². The predicted molar refractivity (Wildman–Crippen MR) is 83.0 cm³/mol. The fourth-order valence-corrected chi connectivity index (χ4v) is 2.37. The van der Waals surface area contributed by atoms with Crippen LogP contribution >= 0.6 is 23.2 Å². The molecule has 3 nitrogen and oxygen atoms in total. The van der Waals surface area contributed by atoms with Crippen molar-refractivity contribution in [2.45, 2.75) is 13.5 Å². The monoisotopic (exact) mass is 308 g/mol. The third-order valence-electron chi connectivity index (χ3n) is 2.84. The van der Waals surface area contributed by atoms with Crippen LogP contribution in [0.1, 0.15) is 16.7 Å². The normalized spacial score (nSPS) is 10.3. The number of hydrogen-bond acceptors (Lipinski definition) is 2.